The maximum atomic E-state index is 12.8. The van der Waals surface area contributed by atoms with Gasteiger partial charge in [0.25, 0.3) is 0 Å². The number of rotatable bonds is 5. The zero-order valence-corrected chi connectivity index (χ0v) is 20.1. The first-order valence-electron chi connectivity index (χ1n) is 10.1. The minimum Gasteiger partial charge on any atom is -0.368 e. The number of anilines is 1. The summed E-state index contributed by atoms with van der Waals surface area (Å²) in [6.07, 6.45) is -4.38. The number of guanidine groups is 1. The molecule has 2 aromatic rings. The molecule has 0 radical (unpaired) electrons. The number of piperazine rings is 1. The van der Waals surface area contributed by atoms with Gasteiger partial charge in [0.15, 0.2) is 5.96 Å². The molecule has 1 saturated heterocycles. The third-order valence-electron chi connectivity index (χ3n) is 5.10. The smallest absolute Gasteiger partial charge is 0.368 e. The normalized spacial score (nSPS) is 14.6. The average molecular weight is 561 g/mol. The van der Waals surface area contributed by atoms with Crippen LogP contribution in [0.15, 0.2) is 59.6 Å². The molecule has 2 aromatic carbocycles. The third kappa shape index (κ3) is 7.28. The SMILES string of the molecule is CN=C(NCC(=O)N1CCN(c2ccccc2)CC1)NCc1cccc(C(F)(F)F)c1.I. The second-order valence-corrected chi connectivity index (χ2v) is 7.18. The Morgan fingerprint density at radius 1 is 1.00 bits per heavy atom. The summed E-state index contributed by atoms with van der Waals surface area (Å²) in [5.41, 5.74) is 0.924. The van der Waals surface area contributed by atoms with Gasteiger partial charge < -0.3 is 20.4 Å². The summed E-state index contributed by atoms with van der Waals surface area (Å²) >= 11 is 0. The van der Waals surface area contributed by atoms with E-state index in [0.717, 1.165) is 30.9 Å². The zero-order chi connectivity index (χ0) is 22.3. The van der Waals surface area contributed by atoms with Gasteiger partial charge in [-0.15, -0.1) is 24.0 Å². The van der Waals surface area contributed by atoms with E-state index in [0.29, 0.717) is 24.6 Å². The molecule has 1 amide bonds. The molecule has 0 aliphatic carbocycles. The van der Waals surface area contributed by atoms with Crippen molar-refractivity contribution in [3.63, 3.8) is 0 Å². The van der Waals surface area contributed by atoms with E-state index in [1.165, 1.54) is 6.07 Å². The van der Waals surface area contributed by atoms with Crippen LogP contribution in [0.5, 0.6) is 0 Å². The minimum absolute atomic E-state index is 0. The van der Waals surface area contributed by atoms with Gasteiger partial charge in [-0.25, -0.2) is 0 Å². The van der Waals surface area contributed by atoms with Crippen LogP contribution in [0.2, 0.25) is 0 Å². The Morgan fingerprint density at radius 2 is 1.69 bits per heavy atom. The number of carbonyl (C=O) groups excluding carboxylic acids is 1. The number of para-hydroxylation sites is 1. The van der Waals surface area contributed by atoms with E-state index in [4.69, 9.17) is 0 Å². The topological polar surface area (TPSA) is 60.0 Å². The molecule has 0 spiro atoms. The van der Waals surface area contributed by atoms with Crippen molar-refractivity contribution in [3.05, 3.63) is 65.7 Å². The molecule has 6 nitrogen and oxygen atoms in total. The summed E-state index contributed by atoms with van der Waals surface area (Å²) in [7, 11) is 1.55. The number of halogens is 4. The second kappa shape index (κ2) is 11.9. The van der Waals surface area contributed by atoms with Crippen molar-refractivity contribution in [2.75, 3.05) is 44.7 Å². The number of amides is 1. The van der Waals surface area contributed by atoms with Gasteiger partial charge in [0.2, 0.25) is 5.91 Å². The molecule has 10 heteroatoms. The van der Waals surface area contributed by atoms with E-state index in [2.05, 4.69) is 32.7 Å². The summed E-state index contributed by atoms with van der Waals surface area (Å²) < 4.78 is 38.5. The Hall–Kier alpha value is -2.50. The molecule has 1 fully saturated rings. The number of benzene rings is 2. The van der Waals surface area contributed by atoms with Gasteiger partial charge in [-0.05, 0) is 29.8 Å². The number of carbonyl (C=O) groups is 1. The molecule has 0 saturated carbocycles. The summed E-state index contributed by atoms with van der Waals surface area (Å²) in [6.45, 7) is 3.01. The standard InChI is InChI=1S/C22H26F3N5O.HI/c1-26-21(27-15-17-6-5-7-18(14-17)22(23,24)25)28-16-20(31)30-12-10-29(11-13-30)19-8-3-2-4-9-19;/h2-9,14H,10-13,15-16H2,1H3,(H2,26,27,28);1H. The molecular formula is C22H27F3IN5O. The summed E-state index contributed by atoms with van der Waals surface area (Å²) in [5, 5.41) is 5.88. The van der Waals surface area contributed by atoms with Gasteiger partial charge in [-0.2, -0.15) is 13.2 Å². The maximum Gasteiger partial charge on any atom is 0.416 e. The van der Waals surface area contributed by atoms with Gasteiger partial charge in [0.1, 0.15) is 0 Å². The first-order chi connectivity index (χ1) is 14.9. The van der Waals surface area contributed by atoms with Crippen molar-refractivity contribution in [3.8, 4) is 0 Å². The summed E-state index contributed by atoms with van der Waals surface area (Å²) in [5.74, 6) is 0.309. The van der Waals surface area contributed by atoms with Crippen LogP contribution in [-0.4, -0.2) is 56.5 Å². The number of nitrogens with zero attached hydrogens (tertiary/aromatic N) is 3. The molecule has 0 unspecified atom stereocenters. The van der Waals surface area contributed by atoms with Gasteiger partial charge in [-0.3, -0.25) is 9.79 Å². The number of hydrogen-bond donors (Lipinski definition) is 2. The second-order valence-electron chi connectivity index (χ2n) is 7.18. The number of hydrogen-bond acceptors (Lipinski definition) is 3. The highest BCUT2D eigenvalue weighted by Crippen LogP contribution is 2.29. The first kappa shape index (κ1) is 25.8. The quantitative estimate of drug-likeness (QED) is 0.334. The van der Waals surface area contributed by atoms with Crippen LogP contribution >= 0.6 is 24.0 Å². The van der Waals surface area contributed by atoms with Gasteiger partial charge >= 0.3 is 6.18 Å². The van der Waals surface area contributed by atoms with Crippen LogP contribution in [0.4, 0.5) is 18.9 Å². The van der Waals surface area contributed by atoms with Crippen LogP contribution in [-0.2, 0) is 17.5 Å². The van der Waals surface area contributed by atoms with Crippen molar-refractivity contribution in [2.24, 2.45) is 4.99 Å². The van der Waals surface area contributed by atoms with Crippen LogP contribution in [0.3, 0.4) is 0 Å². The number of alkyl halides is 3. The van der Waals surface area contributed by atoms with Crippen molar-refractivity contribution < 1.29 is 18.0 Å². The predicted molar refractivity (Wildman–Crippen MR) is 130 cm³/mol. The van der Waals surface area contributed by atoms with E-state index in [-0.39, 0.29) is 43.0 Å². The van der Waals surface area contributed by atoms with Crippen molar-refractivity contribution in [2.45, 2.75) is 12.7 Å². The highest BCUT2D eigenvalue weighted by molar-refractivity contribution is 14.0. The van der Waals surface area contributed by atoms with E-state index in [1.807, 2.05) is 18.2 Å². The lowest BCUT2D eigenvalue weighted by Gasteiger charge is -2.36. The van der Waals surface area contributed by atoms with Crippen molar-refractivity contribution in [1.29, 1.82) is 0 Å². The zero-order valence-electron chi connectivity index (χ0n) is 17.7. The maximum absolute atomic E-state index is 12.8. The van der Waals surface area contributed by atoms with Crippen LogP contribution in [0.1, 0.15) is 11.1 Å². The third-order valence-corrected chi connectivity index (χ3v) is 5.10. The fourth-order valence-corrected chi connectivity index (χ4v) is 3.39. The molecule has 174 valence electrons. The van der Waals surface area contributed by atoms with Crippen molar-refractivity contribution in [1.82, 2.24) is 15.5 Å². The molecule has 2 N–H and O–H groups in total. The fourth-order valence-electron chi connectivity index (χ4n) is 3.39. The number of nitrogens with one attached hydrogen (secondary N) is 2. The van der Waals surface area contributed by atoms with Crippen LogP contribution in [0, 0.1) is 0 Å². The molecule has 0 bridgehead atoms. The molecule has 1 heterocycles. The van der Waals surface area contributed by atoms with E-state index in [9.17, 15) is 18.0 Å². The lowest BCUT2D eigenvalue weighted by Crippen LogP contribution is -2.52. The average Bonchev–Trinajstić information content (AvgIpc) is 2.79. The van der Waals surface area contributed by atoms with Crippen LogP contribution < -0.4 is 15.5 Å². The minimum atomic E-state index is -4.38. The van der Waals surface area contributed by atoms with Gasteiger partial charge in [-0.1, -0.05) is 30.3 Å². The molecule has 1 aliphatic rings. The van der Waals surface area contributed by atoms with E-state index >= 15 is 0 Å². The Labute approximate surface area is 202 Å². The predicted octanol–water partition coefficient (Wildman–Crippen LogP) is 3.34. The molecular weight excluding hydrogens is 534 g/mol. The monoisotopic (exact) mass is 561 g/mol. The van der Waals surface area contributed by atoms with Crippen molar-refractivity contribution >= 4 is 41.5 Å². The Morgan fingerprint density at radius 3 is 2.31 bits per heavy atom. The Balaban J connectivity index is 0.00000363. The molecule has 3 rings (SSSR count). The highest BCUT2D eigenvalue weighted by atomic mass is 127. The van der Waals surface area contributed by atoms with Crippen LogP contribution in [0.25, 0.3) is 0 Å². The van der Waals surface area contributed by atoms with E-state index in [1.54, 1.807) is 18.0 Å². The van der Waals surface area contributed by atoms with Gasteiger partial charge in [0, 0.05) is 45.5 Å². The summed E-state index contributed by atoms with van der Waals surface area (Å²) in [4.78, 5) is 20.6. The molecule has 0 aromatic heterocycles. The Kier molecular flexibility index (Phi) is 9.60. The molecule has 32 heavy (non-hydrogen) atoms. The first-order valence-corrected chi connectivity index (χ1v) is 10.1. The Bertz CT molecular complexity index is 900. The molecule has 0 atom stereocenters. The number of aliphatic imine (C=N–C) groups is 1. The highest BCUT2D eigenvalue weighted by Gasteiger charge is 2.30. The molecule has 1 aliphatic heterocycles. The lowest BCUT2D eigenvalue weighted by molar-refractivity contribution is -0.137. The van der Waals surface area contributed by atoms with Gasteiger partial charge in [0.05, 0.1) is 12.1 Å². The summed E-state index contributed by atoms with van der Waals surface area (Å²) in [6, 6.07) is 15.2. The lowest BCUT2D eigenvalue weighted by atomic mass is 10.1. The fraction of sp³-hybridized carbons (Fsp3) is 0.364. The van der Waals surface area contributed by atoms with E-state index < -0.39 is 11.7 Å². The largest absolute Gasteiger partial charge is 0.416 e.